The summed E-state index contributed by atoms with van der Waals surface area (Å²) in [6.07, 6.45) is -0.828. The highest BCUT2D eigenvalue weighted by Gasteiger charge is 2.08. The number of fused-ring (bicyclic) bond motifs is 2. The normalized spacial score (nSPS) is 12.9. The third-order valence-electron chi connectivity index (χ3n) is 3.65. The number of aliphatic hydroxyl groups is 2. The molecule has 0 fully saturated rings. The quantitative estimate of drug-likeness (QED) is 0.707. The summed E-state index contributed by atoms with van der Waals surface area (Å²) in [4.78, 5) is 0. The van der Waals surface area contributed by atoms with Crippen LogP contribution >= 0.6 is 0 Å². The van der Waals surface area contributed by atoms with E-state index in [1.165, 1.54) is 10.8 Å². The molecule has 0 heterocycles. The smallest absolute Gasteiger partial charge is 0.100 e. The Morgan fingerprint density at radius 1 is 0.905 bits per heavy atom. The molecule has 0 unspecified atom stereocenters. The van der Waals surface area contributed by atoms with Crippen LogP contribution in [0.3, 0.4) is 0 Å². The SMILES string of the molecule is OC[C@@H](O)COCc1c2ccccc2cc2ccccc12. The Kier molecular flexibility index (Phi) is 4.15. The standard InChI is InChI=1S/C18H18O3/c19-10-15(20)11-21-12-18-16-7-3-1-5-13(16)9-14-6-2-4-8-17(14)18/h1-9,15,19-20H,10-12H2/t15-/m1/s1. The molecule has 3 aromatic rings. The molecular formula is C18H18O3. The van der Waals surface area contributed by atoms with Gasteiger partial charge in [-0.05, 0) is 33.2 Å². The van der Waals surface area contributed by atoms with Crippen LogP contribution in [-0.2, 0) is 11.3 Å². The van der Waals surface area contributed by atoms with E-state index in [0.29, 0.717) is 6.61 Å². The predicted molar refractivity (Wildman–Crippen MR) is 84.2 cm³/mol. The molecule has 108 valence electrons. The van der Waals surface area contributed by atoms with Gasteiger partial charge >= 0.3 is 0 Å². The number of ether oxygens (including phenoxy) is 1. The molecule has 0 aliphatic heterocycles. The van der Waals surface area contributed by atoms with Gasteiger partial charge in [0.05, 0.1) is 19.8 Å². The van der Waals surface area contributed by atoms with Crippen LogP contribution in [0.5, 0.6) is 0 Å². The molecule has 0 spiro atoms. The van der Waals surface area contributed by atoms with Crippen molar-refractivity contribution in [2.24, 2.45) is 0 Å². The average molecular weight is 282 g/mol. The molecule has 0 aliphatic rings. The third-order valence-corrected chi connectivity index (χ3v) is 3.65. The van der Waals surface area contributed by atoms with E-state index in [-0.39, 0.29) is 13.2 Å². The Hall–Kier alpha value is -1.94. The second-order valence-corrected chi connectivity index (χ2v) is 5.15. The van der Waals surface area contributed by atoms with Crippen molar-refractivity contribution in [1.29, 1.82) is 0 Å². The van der Waals surface area contributed by atoms with Crippen LogP contribution in [0, 0.1) is 0 Å². The van der Waals surface area contributed by atoms with E-state index in [1.54, 1.807) is 0 Å². The minimum atomic E-state index is -0.828. The van der Waals surface area contributed by atoms with Crippen molar-refractivity contribution >= 4 is 21.5 Å². The minimum Gasteiger partial charge on any atom is -0.394 e. The number of hydrogen-bond donors (Lipinski definition) is 2. The van der Waals surface area contributed by atoms with Crippen LogP contribution in [0.4, 0.5) is 0 Å². The Morgan fingerprint density at radius 3 is 2.05 bits per heavy atom. The van der Waals surface area contributed by atoms with Crippen LogP contribution in [0.1, 0.15) is 5.56 Å². The summed E-state index contributed by atoms with van der Waals surface area (Å²) >= 11 is 0. The molecule has 0 aromatic heterocycles. The molecule has 1 atom stereocenters. The fourth-order valence-corrected chi connectivity index (χ4v) is 2.61. The topological polar surface area (TPSA) is 49.7 Å². The Labute approximate surface area is 123 Å². The summed E-state index contributed by atoms with van der Waals surface area (Å²) in [5.74, 6) is 0. The molecule has 3 aromatic carbocycles. The van der Waals surface area contributed by atoms with Gasteiger partial charge < -0.3 is 14.9 Å². The second kappa shape index (κ2) is 6.22. The summed E-state index contributed by atoms with van der Waals surface area (Å²) in [6.45, 7) is 0.267. The van der Waals surface area contributed by atoms with Crippen molar-refractivity contribution in [3.05, 3.63) is 60.2 Å². The molecule has 0 radical (unpaired) electrons. The number of rotatable bonds is 5. The average Bonchev–Trinajstić information content (AvgIpc) is 2.54. The van der Waals surface area contributed by atoms with Gasteiger partial charge in [-0.3, -0.25) is 0 Å². The summed E-state index contributed by atoms with van der Waals surface area (Å²) in [7, 11) is 0. The summed E-state index contributed by atoms with van der Waals surface area (Å²) < 4.78 is 5.58. The van der Waals surface area contributed by atoms with Crippen molar-refractivity contribution in [2.75, 3.05) is 13.2 Å². The zero-order valence-corrected chi connectivity index (χ0v) is 11.7. The highest BCUT2D eigenvalue weighted by atomic mass is 16.5. The molecule has 3 rings (SSSR count). The van der Waals surface area contributed by atoms with Gasteiger partial charge in [-0.15, -0.1) is 0 Å². The van der Waals surface area contributed by atoms with Gasteiger partial charge in [0.2, 0.25) is 0 Å². The highest BCUT2D eigenvalue weighted by Crippen LogP contribution is 2.28. The first-order valence-electron chi connectivity index (χ1n) is 7.05. The maximum Gasteiger partial charge on any atom is 0.100 e. The van der Waals surface area contributed by atoms with Crippen molar-refractivity contribution < 1.29 is 14.9 Å². The molecule has 0 bridgehead atoms. The zero-order valence-electron chi connectivity index (χ0n) is 11.7. The van der Waals surface area contributed by atoms with E-state index in [4.69, 9.17) is 9.84 Å². The second-order valence-electron chi connectivity index (χ2n) is 5.15. The molecule has 2 N–H and O–H groups in total. The van der Waals surface area contributed by atoms with Gasteiger partial charge in [-0.2, -0.15) is 0 Å². The molecule has 21 heavy (non-hydrogen) atoms. The van der Waals surface area contributed by atoms with E-state index < -0.39 is 6.10 Å². The lowest BCUT2D eigenvalue weighted by atomic mass is 9.97. The molecular weight excluding hydrogens is 264 g/mol. The van der Waals surface area contributed by atoms with Crippen LogP contribution in [0.25, 0.3) is 21.5 Å². The molecule has 3 heteroatoms. The minimum absolute atomic E-state index is 0.133. The van der Waals surface area contributed by atoms with Crippen LogP contribution in [-0.4, -0.2) is 29.5 Å². The van der Waals surface area contributed by atoms with Crippen LogP contribution in [0.15, 0.2) is 54.6 Å². The predicted octanol–water partition coefficient (Wildman–Crippen LogP) is 2.86. The van der Waals surface area contributed by atoms with Crippen molar-refractivity contribution in [2.45, 2.75) is 12.7 Å². The number of hydrogen-bond acceptors (Lipinski definition) is 3. The fraction of sp³-hybridized carbons (Fsp3) is 0.222. The molecule has 0 saturated carbocycles. The largest absolute Gasteiger partial charge is 0.394 e. The van der Waals surface area contributed by atoms with Crippen molar-refractivity contribution in [3.8, 4) is 0 Å². The summed E-state index contributed by atoms with van der Waals surface area (Å²) in [6, 6.07) is 18.6. The zero-order chi connectivity index (χ0) is 14.7. The van der Waals surface area contributed by atoms with E-state index in [9.17, 15) is 5.11 Å². The van der Waals surface area contributed by atoms with Crippen LogP contribution < -0.4 is 0 Å². The Balaban J connectivity index is 2.03. The van der Waals surface area contributed by atoms with E-state index in [1.807, 2.05) is 24.3 Å². The van der Waals surface area contributed by atoms with Gasteiger partial charge in [-0.25, -0.2) is 0 Å². The first-order chi connectivity index (χ1) is 10.3. The number of benzene rings is 3. The number of aliphatic hydroxyl groups excluding tert-OH is 2. The first kappa shape index (κ1) is 14.0. The monoisotopic (exact) mass is 282 g/mol. The van der Waals surface area contributed by atoms with Gasteiger partial charge in [0.25, 0.3) is 0 Å². The van der Waals surface area contributed by atoms with E-state index in [0.717, 1.165) is 16.3 Å². The van der Waals surface area contributed by atoms with E-state index >= 15 is 0 Å². The third kappa shape index (κ3) is 2.90. The lowest BCUT2D eigenvalue weighted by Gasteiger charge is -2.13. The van der Waals surface area contributed by atoms with Crippen molar-refractivity contribution in [1.82, 2.24) is 0 Å². The van der Waals surface area contributed by atoms with Gasteiger partial charge in [0.15, 0.2) is 0 Å². The van der Waals surface area contributed by atoms with E-state index in [2.05, 4.69) is 30.3 Å². The maximum atomic E-state index is 9.39. The van der Waals surface area contributed by atoms with Gasteiger partial charge in [-0.1, -0.05) is 48.5 Å². The summed E-state index contributed by atoms with van der Waals surface area (Å²) in [5, 5.41) is 22.9. The maximum absolute atomic E-state index is 9.39. The Morgan fingerprint density at radius 2 is 1.48 bits per heavy atom. The molecule has 3 nitrogen and oxygen atoms in total. The fourth-order valence-electron chi connectivity index (χ4n) is 2.61. The summed E-state index contributed by atoms with van der Waals surface area (Å²) in [5.41, 5.74) is 1.12. The van der Waals surface area contributed by atoms with Crippen molar-refractivity contribution in [3.63, 3.8) is 0 Å². The molecule has 0 amide bonds. The van der Waals surface area contributed by atoms with Gasteiger partial charge in [0, 0.05) is 0 Å². The first-order valence-corrected chi connectivity index (χ1v) is 7.05. The van der Waals surface area contributed by atoms with Crippen LogP contribution in [0.2, 0.25) is 0 Å². The molecule has 0 saturated heterocycles. The lowest BCUT2D eigenvalue weighted by molar-refractivity contribution is 0.000588. The molecule has 0 aliphatic carbocycles. The van der Waals surface area contributed by atoms with Gasteiger partial charge in [0.1, 0.15) is 6.10 Å². The Bertz CT molecular complexity index is 698. The lowest BCUT2D eigenvalue weighted by Crippen LogP contribution is -2.19. The highest BCUT2D eigenvalue weighted by molar-refractivity contribution is 6.02.